The van der Waals surface area contributed by atoms with E-state index < -0.39 is 0 Å². The molecule has 0 aromatic carbocycles. The molecule has 0 atom stereocenters. The van der Waals surface area contributed by atoms with Crippen LogP contribution in [-0.4, -0.2) is 18.7 Å². The third-order valence-corrected chi connectivity index (χ3v) is 1.55. The van der Waals surface area contributed by atoms with Crippen molar-refractivity contribution in [3.8, 4) is 0 Å². The van der Waals surface area contributed by atoms with Gasteiger partial charge >= 0.3 is 0 Å². The molecular weight excluding hydrogens is 163 g/mol. The summed E-state index contributed by atoms with van der Waals surface area (Å²) in [5, 5.41) is 2.70. The number of anilines is 1. The quantitative estimate of drug-likeness (QED) is 0.662. The Morgan fingerprint density at radius 1 is 1.54 bits per heavy atom. The average Bonchev–Trinajstić information content (AvgIpc) is 2.04. The van der Waals surface area contributed by atoms with Crippen molar-refractivity contribution in [1.29, 1.82) is 0 Å². The first-order valence-electron chi connectivity index (χ1n) is 4.11. The van der Waals surface area contributed by atoms with E-state index in [9.17, 15) is 4.79 Å². The second-order valence-corrected chi connectivity index (χ2v) is 3.15. The lowest BCUT2D eigenvalue weighted by Crippen LogP contribution is -2.19. The van der Waals surface area contributed by atoms with Crippen molar-refractivity contribution >= 4 is 24.9 Å². The fourth-order valence-electron chi connectivity index (χ4n) is 0.813. The number of pyridine rings is 1. The van der Waals surface area contributed by atoms with E-state index in [-0.39, 0.29) is 11.8 Å². The van der Waals surface area contributed by atoms with Crippen LogP contribution in [0.15, 0.2) is 18.5 Å². The minimum absolute atomic E-state index is 0.0348. The van der Waals surface area contributed by atoms with E-state index >= 15 is 0 Å². The lowest BCUT2D eigenvalue weighted by Gasteiger charge is -2.07. The van der Waals surface area contributed by atoms with Crippen molar-refractivity contribution in [2.45, 2.75) is 13.8 Å². The third-order valence-electron chi connectivity index (χ3n) is 1.55. The van der Waals surface area contributed by atoms with Gasteiger partial charge in [0.25, 0.3) is 0 Å². The summed E-state index contributed by atoms with van der Waals surface area (Å²) in [4.78, 5) is 15.1. The van der Waals surface area contributed by atoms with Crippen molar-refractivity contribution in [3.63, 3.8) is 0 Å². The summed E-state index contributed by atoms with van der Waals surface area (Å²) >= 11 is 0. The van der Waals surface area contributed by atoms with E-state index in [4.69, 9.17) is 7.85 Å². The third kappa shape index (κ3) is 2.90. The van der Waals surface area contributed by atoms with Crippen molar-refractivity contribution in [3.05, 3.63) is 18.5 Å². The van der Waals surface area contributed by atoms with Gasteiger partial charge < -0.3 is 5.32 Å². The SMILES string of the molecule is [B]c1cncc(NC(=O)C(C)C)c1. The van der Waals surface area contributed by atoms with Gasteiger partial charge in [-0.2, -0.15) is 0 Å². The number of carbonyl (C=O) groups is 1. The minimum Gasteiger partial charge on any atom is -0.325 e. The molecule has 4 heteroatoms. The van der Waals surface area contributed by atoms with E-state index in [1.54, 1.807) is 12.3 Å². The lowest BCUT2D eigenvalue weighted by atomic mass is 9.98. The molecular formula is C9H11BN2O. The zero-order valence-electron chi connectivity index (χ0n) is 7.74. The van der Waals surface area contributed by atoms with E-state index in [2.05, 4.69) is 10.3 Å². The van der Waals surface area contributed by atoms with E-state index in [0.717, 1.165) is 0 Å². The topological polar surface area (TPSA) is 42.0 Å². The van der Waals surface area contributed by atoms with Gasteiger partial charge in [-0.1, -0.05) is 19.3 Å². The van der Waals surface area contributed by atoms with Gasteiger partial charge in [0, 0.05) is 12.1 Å². The predicted octanol–water partition coefficient (Wildman–Crippen LogP) is 0.470. The summed E-state index contributed by atoms with van der Waals surface area (Å²) in [5.41, 5.74) is 1.18. The van der Waals surface area contributed by atoms with Gasteiger partial charge in [-0.15, -0.1) is 0 Å². The summed E-state index contributed by atoms with van der Waals surface area (Å²) < 4.78 is 0. The van der Waals surface area contributed by atoms with Crippen LogP contribution >= 0.6 is 0 Å². The van der Waals surface area contributed by atoms with E-state index in [1.807, 2.05) is 13.8 Å². The molecule has 1 amide bonds. The zero-order chi connectivity index (χ0) is 9.84. The number of carbonyl (C=O) groups excluding carboxylic acids is 1. The number of nitrogens with one attached hydrogen (secondary N) is 1. The molecule has 0 aliphatic carbocycles. The van der Waals surface area contributed by atoms with Crippen LogP contribution in [0.5, 0.6) is 0 Å². The second kappa shape index (κ2) is 4.07. The van der Waals surface area contributed by atoms with Crippen LogP contribution in [0.1, 0.15) is 13.8 Å². The Morgan fingerprint density at radius 3 is 2.77 bits per heavy atom. The van der Waals surface area contributed by atoms with Gasteiger partial charge in [0.2, 0.25) is 5.91 Å². The van der Waals surface area contributed by atoms with Crippen LogP contribution in [0.25, 0.3) is 0 Å². The smallest absolute Gasteiger partial charge is 0.226 e. The van der Waals surface area contributed by atoms with Gasteiger partial charge in [0.05, 0.1) is 11.9 Å². The zero-order valence-corrected chi connectivity index (χ0v) is 7.74. The number of nitrogens with zero attached hydrogens (tertiary/aromatic N) is 1. The van der Waals surface area contributed by atoms with Crippen LogP contribution in [0.4, 0.5) is 5.69 Å². The highest BCUT2D eigenvalue weighted by molar-refractivity contribution is 6.32. The molecule has 0 aliphatic heterocycles. The molecule has 1 N–H and O–H groups in total. The largest absolute Gasteiger partial charge is 0.325 e. The van der Waals surface area contributed by atoms with Crippen LogP contribution in [0.2, 0.25) is 0 Å². The monoisotopic (exact) mass is 174 g/mol. The highest BCUT2D eigenvalue weighted by Crippen LogP contribution is 2.03. The Kier molecular flexibility index (Phi) is 3.06. The molecule has 1 rings (SSSR count). The van der Waals surface area contributed by atoms with Gasteiger partial charge in [-0.25, -0.2) is 0 Å². The Balaban J connectivity index is 2.69. The van der Waals surface area contributed by atoms with Gasteiger partial charge in [-0.3, -0.25) is 9.78 Å². The van der Waals surface area contributed by atoms with Gasteiger partial charge in [-0.05, 0) is 6.07 Å². The maximum Gasteiger partial charge on any atom is 0.226 e. The van der Waals surface area contributed by atoms with Crippen LogP contribution < -0.4 is 10.8 Å². The van der Waals surface area contributed by atoms with Crippen LogP contribution in [-0.2, 0) is 4.79 Å². The van der Waals surface area contributed by atoms with E-state index in [1.165, 1.54) is 6.20 Å². The number of amides is 1. The molecule has 66 valence electrons. The standard InChI is InChI=1S/C9H11BN2O/c1-6(2)9(13)12-8-3-7(10)4-11-5-8/h3-6H,1-2H3,(H,12,13). The molecule has 0 aliphatic rings. The lowest BCUT2D eigenvalue weighted by molar-refractivity contribution is -0.118. The number of hydrogen-bond acceptors (Lipinski definition) is 2. The van der Waals surface area contributed by atoms with Crippen LogP contribution in [0.3, 0.4) is 0 Å². The van der Waals surface area contributed by atoms with Gasteiger partial charge in [0.15, 0.2) is 0 Å². The molecule has 3 nitrogen and oxygen atoms in total. The summed E-state index contributed by atoms with van der Waals surface area (Å²) in [5.74, 6) is -0.0752. The molecule has 0 bridgehead atoms. The van der Waals surface area contributed by atoms with Crippen molar-refractivity contribution in [1.82, 2.24) is 4.98 Å². The molecule has 0 spiro atoms. The van der Waals surface area contributed by atoms with Crippen molar-refractivity contribution in [2.75, 3.05) is 5.32 Å². The summed E-state index contributed by atoms with van der Waals surface area (Å²) in [6.07, 6.45) is 3.10. The summed E-state index contributed by atoms with van der Waals surface area (Å²) in [7, 11) is 5.50. The predicted molar refractivity (Wildman–Crippen MR) is 53.1 cm³/mol. The Bertz CT molecular complexity index is 312. The van der Waals surface area contributed by atoms with Crippen molar-refractivity contribution < 1.29 is 4.79 Å². The summed E-state index contributed by atoms with van der Waals surface area (Å²) in [6.45, 7) is 3.66. The molecule has 2 radical (unpaired) electrons. The number of hydrogen-bond donors (Lipinski definition) is 1. The Morgan fingerprint density at radius 2 is 2.23 bits per heavy atom. The van der Waals surface area contributed by atoms with Crippen LogP contribution in [0, 0.1) is 5.92 Å². The first-order valence-corrected chi connectivity index (χ1v) is 4.11. The molecule has 0 saturated heterocycles. The highest BCUT2D eigenvalue weighted by atomic mass is 16.1. The summed E-state index contributed by atoms with van der Waals surface area (Å²) in [6, 6.07) is 1.67. The maximum absolute atomic E-state index is 11.2. The first kappa shape index (κ1) is 9.77. The highest BCUT2D eigenvalue weighted by Gasteiger charge is 2.06. The molecule has 13 heavy (non-hydrogen) atoms. The normalized spacial score (nSPS) is 10.1. The molecule has 0 fully saturated rings. The first-order chi connectivity index (χ1) is 6.09. The molecule has 0 saturated carbocycles. The Labute approximate surface area is 79.0 Å². The fourth-order valence-corrected chi connectivity index (χ4v) is 0.813. The van der Waals surface area contributed by atoms with E-state index in [0.29, 0.717) is 11.2 Å². The van der Waals surface area contributed by atoms with Gasteiger partial charge in [0.1, 0.15) is 7.85 Å². The fraction of sp³-hybridized carbons (Fsp3) is 0.333. The average molecular weight is 174 g/mol. The molecule has 0 unspecified atom stereocenters. The second-order valence-electron chi connectivity index (χ2n) is 3.15. The van der Waals surface area contributed by atoms with Crippen molar-refractivity contribution in [2.24, 2.45) is 5.92 Å². The molecule has 1 aromatic rings. The Hall–Kier alpha value is -1.32. The number of aromatic nitrogens is 1. The molecule has 1 aromatic heterocycles. The maximum atomic E-state index is 11.2. The molecule has 1 heterocycles. The number of rotatable bonds is 2. The minimum atomic E-state index is -0.0403.